The fourth-order valence-corrected chi connectivity index (χ4v) is 2.92. The van der Waals surface area contributed by atoms with Gasteiger partial charge in [-0.25, -0.2) is 12.8 Å². The molecule has 2 rings (SSSR count). The van der Waals surface area contributed by atoms with Gasteiger partial charge in [0.25, 0.3) is 9.84 Å². The highest BCUT2D eigenvalue weighted by atomic mass is 79.9. The molecule has 0 fully saturated rings. The Hall–Kier alpha value is -1.61. The lowest BCUT2D eigenvalue weighted by atomic mass is 10.3. The summed E-state index contributed by atoms with van der Waals surface area (Å²) in [7, 11) is -5.44. The van der Waals surface area contributed by atoms with E-state index in [1.54, 1.807) is 0 Å². The number of ether oxygens (including phenoxy) is 1. The fraction of sp³-hybridized carbons (Fsp3) is 0.0769. The third-order valence-electron chi connectivity index (χ3n) is 2.54. The molecule has 0 bridgehead atoms. The largest absolute Gasteiger partial charge is 0.501 e. The van der Waals surface area contributed by atoms with Crippen LogP contribution in [0.2, 0.25) is 0 Å². The molecule has 0 heterocycles. The van der Waals surface area contributed by atoms with E-state index in [1.165, 1.54) is 18.2 Å². The summed E-state index contributed by atoms with van der Waals surface area (Å²) in [5.41, 5.74) is -5.39. The highest BCUT2D eigenvalue weighted by molar-refractivity contribution is 9.10. The maximum atomic E-state index is 13.0. The second-order valence-electron chi connectivity index (χ2n) is 4.10. The van der Waals surface area contributed by atoms with Gasteiger partial charge in [-0.15, -0.1) is 0 Å². The maximum Gasteiger partial charge on any atom is 0.501 e. The van der Waals surface area contributed by atoms with E-state index in [9.17, 15) is 26.0 Å². The van der Waals surface area contributed by atoms with Crippen molar-refractivity contribution < 1.29 is 30.7 Å². The number of hydrogen-bond donors (Lipinski definition) is 0. The van der Waals surface area contributed by atoms with Crippen LogP contribution >= 0.6 is 15.9 Å². The number of halogens is 5. The summed E-state index contributed by atoms with van der Waals surface area (Å²) in [4.78, 5) is -0.918. The fourth-order valence-electron chi connectivity index (χ4n) is 1.52. The van der Waals surface area contributed by atoms with Crippen molar-refractivity contribution in [1.29, 1.82) is 0 Å². The van der Waals surface area contributed by atoms with Gasteiger partial charge in [0.05, 0.1) is 9.37 Å². The van der Waals surface area contributed by atoms with Gasteiger partial charge in [-0.1, -0.05) is 6.07 Å². The molecule has 2 aromatic rings. The minimum Gasteiger partial charge on any atom is -0.456 e. The molecule has 118 valence electrons. The Morgan fingerprint density at radius 3 is 2.27 bits per heavy atom. The molecular formula is C13H7BrF4O3S. The molecule has 0 saturated carbocycles. The monoisotopic (exact) mass is 398 g/mol. The van der Waals surface area contributed by atoms with Crippen LogP contribution in [-0.4, -0.2) is 13.9 Å². The molecule has 0 radical (unpaired) electrons. The summed E-state index contributed by atoms with van der Waals surface area (Å²) in [6.45, 7) is 0. The first-order valence-corrected chi connectivity index (χ1v) is 7.93. The van der Waals surface area contributed by atoms with Crippen molar-refractivity contribution in [2.75, 3.05) is 0 Å². The van der Waals surface area contributed by atoms with Crippen molar-refractivity contribution in [2.24, 2.45) is 0 Å². The third-order valence-corrected chi connectivity index (χ3v) is 4.65. The first-order chi connectivity index (χ1) is 10.1. The van der Waals surface area contributed by atoms with Crippen LogP contribution in [0.5, 0.6) is 11.5 Å². The van der Waals surface area contributed by atoms with Gasteiger partial charge in [0, 0.05) is 6.07 Å². The SMILES string of the molecule is O=S(=O)(c1ccc(Oc2cccc(F)c2)c(Br)c1)C(F)(F)F. The van der Waals surface area contributed by atoms with Gasteiger partial charge in [0.15, 0.2) is 0 Å². The molecule has 0 amide bonds. The number of hydrogen-bond acceptors (Lipinski definition) is 3. The number of benzene rings is 2. The zero-order valence-corrected chi connectivity index (χ0v) is 13.0. The Labute approximate surface area is 131 Å². The topological polar surface area (TPSA) is 43.4 Å². The predicted octanol–water partition coefficient (Wildman–Crippen LogP) is 4.67. The van der Waals surface area contributed by atoms with Gasteiger partial charge >= 0.3 is 5.51 Å². The molecule has 2 aromatic carbocycles. The Bertz CT molecular complexity index is 803. The van der Waals surface area contributed by atoms with Crippen LogP contribution in [0, 0.1) is 5.82 Å². The van der Waals surface area contributed by atoms with E-state index >= 15 is 0 Å². The minimum atomic E-state index is -5.44. The summed E-state index contributed by atoms with van der Waals surface area (Å²) in [5, 5.41) is 0. The highest BCUT2D eigenvalue weighted by Crippen LogP contribution is 2.36. The lowest BCUT2D eigenvalue weighted by Crippen LogP contribution is -2.23. The lowest BCUT2D eigenvalue weighted by Gasteiger charge is -2.11. The molecule has 0 N–H and O–H groups in total. The minimum absolute atomic E-state index is 0.0120. The second-order valence-corrected chi connectivity index (χ2v) is 6.90. The van der Waals surface area contributed by atoms with Crippen molar-refractivity contribution in [1.82, 2.24) is 0 Å². The molecule has 0 aliphatic carbocycles. The van der Waals surface area contributed by atoms with E-state index in [-0.39, 0.29) is 16.0 Å². The zero-order valence-electron chi connectivity index (χ0n) is 10.6. The van der Waals surface area contributed by atoms with E-state index in [1.807, 2.05) is 0 Å². The zero-order chi connectivity index (χ0) is 16.5. The van der Waals surface area contributed by atoms with Gasteiger partial charge in [0.1, 0.15) is 17.3 Å². The van der Waals surface area contributed by atoms with Crippen LogP contribution in [-0.2, 0) is 9.84 Å². The van der Waals surface area contributed by atoms with Crippen molar-refractivity contribution in [3.63, 3.8) is 0 Å². The highest BCUT2D eigenvalue weighted by Gasteiger charge is 2.47. The van der Waals surface area contributed by atoms with E-state index in [0.717, 1.165) is 24.3 Å². The summed E-state index contributed by atoms with van der Waals surface area (Å²) in [5.74, 6) is -0.385. The van der Waals surface area contributed by atoms with Gasteiger partial charge in [0.2, 0.25) is 0 Å². The summed E-state index contributed by atoms with van der Waals surface area (Å²) < 4.78 is 78.3. The van der Waals surface area contributed by atoms with Crippen LogP contribution in [0.3, 0.4) is 0 Å². The average Bonchev–Trinajstić information content (AvgIpc) is 2.39. The van der Waals surface area contributed by atoms with E-state index < -0.39 is 26.1 Å². The Balaban J connectivity index is 2.35. The molecule has 0 atom stereocenters. The maximum absolute atomic E-state index is 13.0. The van der Waals surface area contributed by atoms with Crippen LogP contribution in [0.4, 0.5) is 17.6 Å². The lowest BCUT2D eigenvalue weighted by molar-refractivity contribution is -0.0436. The van der Waals surface area contributed by atoms with Crippen molar-refractivity contribution in [3.8, 4) is 11.5 Å². The molecule has 0 unspecified atom stereocenters. The van der Waals surface area contributed by atoms with Crippen molar-refractivity contribution in [3.05, 3.63) is 52.8 Å². The third kappa shape index (κ3) is 3.41. The van der Waals surface area contributed by atoms with Crippen molar-refractivity contribution in [2.45, 2.75) is 10.4 Å². The van der Waals surface area contributed by atoms with Gasteiger partial charge < -0.3 is 4.74 Å². The number of sulfone groups is 1. The molecule has 0 saturated heterocycles. The standard InChI is InChI=1S/C13H7BrF4O3S/c14-11-7-10(22(19,20)13(16,17)18)4-5-12(11)21-9-3-1-2-8(15)6-9/h1-7H. The van der Waals surface area contributed by atoms with Crippen LogP contribution in [0.25, 0.3) is 0 Å². The molecule has 9 heteroatoms. The normalized spacial score (nSPS) is 12.2. The molecule has 0 aliphatic rings. The van der Waals surface area contributed by atoms with Crippen LogP contribution < -0.4 is 4.74 Å². The second kappa shape index (κ2) is 5.88. The quantitative estimate of drug-likeness (QED) is 0.705. The van der Waals surface area contributed by atoms with Crippen LogP contribution in [0.15, 0.2) is 51.8 Å². The summed E-state index contributed by atoms with van der Waals surface area (Å²) in [6.07, 6.45) is 0. The molecule has 3 nitrogen and oxygen atoms in total. The van der Waals surface area contributed by atoms with Crippen LogP contribution in [0.1, 0.15) is 0 Å². The Morgan fingerprint density at radius 1 is 1.05 bits per heavy atom. The smallest absolute Gasteiger partial charge is 0.456 e. The number of rotatable bonds is 3. The summed E-state index contributed by atoms with van der Waals surface area (Å²) >= 11 is 2.93. The Morgan fingerprint density at radius 2 is 1.73 bits per heavy atom. The molecule has 0 aliphatic heterocycles. The van der Waals surface area contributed by atoms with Crippen molar-refractivity contribution >= 4 is 25.8 Å². The molecule has 22 heavy (non-hydrogen) atoms. The van der Waals surface area contributed by atoms with E-state index in [4.69, 9.17) is 4.74 Å². The molecule has 0 aromatic heterocycles. The van der Waals surface area contributed by atoms with Gasteiger partial charge in [-0.2, -0.15) is 13.2 Å². The van der Waals surface area contributed by atoms with E-state index in [0.29, 0.717) is 0 Å². The predicted molar refractivity (Wildman–Crippen MR) is 73.9 cm³/mol. The average molecular weight is 399 g/mol. The van der Waals surface area contributed by atoms with Gasteiger partial charge in [-0.3, -0.25) is 0 Å². The number of alkyl halides is 3. The Kier molecular flexibility index (Phi) is 4.48. The first kappa shape index (κ1) is 16.8. The molecule has 0 spiro atoms. The first-order valence-electron chi connectivity index (χ1n) is 5.65. The van der Waals surface area contributed by atoms with Gasteiger partial charge in [-0.05, 0) is 46.3 Å². The molecular weight excluding hydrogens is 392 g/mol. The summed E-state index contributed by atoms with van der Waals surface area (Å²) in [6, 6.07) is 7.69. The van der Waals surface area contributed by atoms with E-state index in [2.05, 4.69) is 15.9 Å².